The lowest BCUT2D eigenvalue weighted by Crippen LogP contribution is -2.26. The first-order chi connectivity index (χ1) is 11.4. The number of rotatable bonds is 1. The molecule has 130 valence electrons. The molecule has 0 aromatic carbocycles. The number of aromatic nitrogens is 2. The highest BCUT2D eigenvalue weighted by molar-refractivity contribution is 7.18. The van der Waals surface area contributed by atoms with E-state index in [9.17, 15) is 4.79 Å². The highest BCUT2D eigenvalue weighted by atomic mass is 32.1. The van der Waals surface area contributed by atoms with Crippen molar-refractivity contribution in [3.05, 3.63) is 26.6 Å². The number of aryl methyl sites for hydroxylation is 1. The molecule has 4 heteroatoms. The van der Waals surface area contributed by atoms with Gasteiger partial charge in [-0.3, -0.25) is 4.79 Å². The van der Waals surface area contributed by atoms with E-state index in [0.717, 1.165) is 28.9 Å². The fourth-order valence-electron chi connectivity index (χ4n) is 4.51. The Bertz CT molecular complexity index is 805. The number of thiophene rings is 1. The maximum absolute atomic E-state index is 12.8. The predicted molar refractivity (Wildman–Crippen MR) is 101 cm³/mol. The van der Waals surface area contributed by atoms with Gasteiger partial charge in [0.05, 0.1) is 5.39 Å². The van der Waals surface area contributed by atoms with E-state index in [1.807, 2.05) is 0 Å². The fourth-order valence-corrected chi connectivity index (χ4v) is 5.82. The number of hydrogen-bond acceptors (Lipinski definition) is 3. The topological polar surface area (TPSA) is 45.8 Å². The maximum atomic E-state index is 12.8. The van der Waals surface area contributed by atoms with E-state index >= 15 is 0 Å². The fraction of sp³-hybridized carbons (Fsp3) is 0.700. The minimum atomic E-state index is 0.104. The Morgan fingerprint density at radius 3 is 2.58 bits per heavy atom. The standard InChI is InChI=1S/C20H28N2OS/c1-20(2,3)13-9-10-14-15(11-13)24-19-16(14)18(23)21-17(22-19)12-7-5-4-6-8-12/h12-13H,4-11H2,1-3H3,(H,21,22,23). The van der Waals surface area contributed by atoms with E-state index in [2.05, 4.69) is 25.8 Å². The molecule has 3 nitrogen and oxygen atoms in total. The van der Waals surface area contributed by atoms with Gasteiger partial charge < -0.3 is 4.98 Å². The van der Waals surface area contributed by atoms with Crippen molar-refractivity contribution in [2.75, 3.05) is 0 Å². The quantitative estimate of drug-likeness (QED) is 0.774. The second-order valence-corrected chi connectivity index (χ2v) is 9.86. The molecule has 2 aliphatic rings. The van der Waals surface area contributed by atoms with E-state index in [0.29, 0.717) is 17.3 Å². The van der Waals surface area contributed by atoms with Crippen molar-refractivity contribution < 1.29 is 0 Å². The van der Waals surface area contributed by atoms with Crippen molar-refractivity contribution >= 4 is 21.6 Å². The number of nitrogens with zero attached hydrogens (tertiary/aromatic N) is 1. The van der Waals surface area contributed by atoms with Gasteiger partial charge in [0.25, 0.3) is 5.56 Å². The summed E-state index contributed by atoms with van der Waals surface area (Å²) in [5.41, 5.74) is 1.73. The number of H-pyrrole nitrogens is 1. The zero-order chi connectivity index (χ0) is 16.9. The molecule has 0 amide bonds. The molecular formula is C20H28N2OS. The van der Waals surface area contributed by atoms with Crippen LogP contribution in [0.5, 0.6) is 0 Å². The Hall–Kier alpha value is -1.16. The summed E-state index contributed by atoms with van der Waals surface area (Å²) in [6.07, 6.45) is 9.53. The summed E-state index contributed by atoms with van der Waals surface area (Å²) >= 11 is 1.78. The first-order valence-electron chi connectivity index (χ1n) is 9.48. The van der Waals surface area contributed by atoms with Gasteiger partial charge in [-0.2, -0.15) is 0 Å². The summed E-state index contributed by atoms with van der Waals surface area (Å²) in [5.74, 6) is 2.10. The molecule has 2 aromatic heterocycles. The van der Waals surface area contributed by atoms with Crippen LogP contribution in [0.25, 0.3) is 10.2 Å². The smallest absolute Gasteiger partial charge is 0.259 e. The molecule has 1 saturated carbocycles. The molecule has 0 saturated heterocycles. The summed E-state index contributed by atoms with van der Waals surface area (Å²) < 4.78 is 0. The molecule has 0 aliphatic heterocycles. The van der Waals surface area contributed by atoms with Crippen LogP contribution in [0.2, 0.25) is 0 Å². The SMILES string of the molecule is CC(C)(C)C1CCc2c(sc3nc(C4CCCCC4)[nH]c(=O)c23)C1. The third-order valence-electron chi connectivity index (χ3n) is 6.15. The second kappa shape index (κ2) is 5.98. The molecule has 1 unspecified atom stereocenters. The molecule has 0 radical (unpaired) electrons. The van der Waals surface area contributed by atoms with E-state index in [-0.39, 0.29) is 5.56 Å². The third kappa shape index (κ3) is 2.83. The first-order valence-corrected chi connectivity index (χ1v) is 10.3. The maximum Gasteiger partial charge on any atom is 0.259 e. The summed E-state index contributed by atoms with van der Waals surface area (Å²) in [6, 6.07) is 0. The van der Waals surface area contributed by atoms with Crippen molar-refractivity contribution in [2.24, 2.45) is 11.3 Å². The number of aromatic amines is 1. The van der Waals surface area contributed by atoms with Crippen molar-refractivity contribution in [3.63, 3.8) is 0 Å². The van der Waals surface area contributed by atoms with Gasteiger partial charge in [-0.15, -0.1) is 11.3 Å². The summed E-state index contributed by atoms with van der Waals surface area (Å²) in [7, 11) is 0. The highest BCUT2D eigenvalue weighted by Crippen LogP contribution is 2.42. The van der Waals surface area contributed by atoms with Gasteiger partial charge in [-0.1, -0.05) is 40.0 Å². The van der Waals surface area contributed by atoms with Crippen LogP contribution >= 0.6 is 11.3 Å². The highest BCUT2D eigenvalue weighted by Gasteiger charge is 2.32. The third-order valence-corrected chi connectivity index (χ3v) is 7.30. The van der Waals surface area contributed by atoms with Crippen molar-refractivity contribution in [3.8, 4) is 0 Å². The van der Waals surface area contributed by atoms with Gasteiger partial charge in [0.1, 0.15) is 10.7 Å². The molecule has 1 N–H and O–H groups in total. The van der Waals surface area contributed by atoms with Crippen LogP contribution in [0, 0.1) is 11.3 Å². The Labute approximate surface area is 147 Å². The molecule has 1 fully saturated rings. The molecule has 0 bridgehead atoms. The van der Waals surface area contributed by atoms with Crippen LogP contribution < -0.4 is 5.56 Å². The molecule has 4 rings (SSSR count). The molecular weight excluding hydrogens is 316 g/mol. The van der Waals surface area contributed by atoms with E-state index < -0.39 is 0 Å². The van der Waals surface area contributed by atoms with E-state index in [1.54, 1.807) is 11.3 Å². The molecule has 24 heavy (non-hydrogen) atoms. The zero-order valence-electron chi connectivity index (χ0n) is 15.1. The Morgan fingerprint density at radius 1 is 1.12 bits per heavy atom. The normalized spacial score (nSPS) is 22.7. The first kappa shape index (κ1) is 16.3. The lowest BCUT2D eigenvalue weighted by molar-refractivity contribution is 0.218. The van der Waals surface area contributed by atoms with Gasteiger partial charge in [-0.05, 0) is 49.0 Å². The van der Waals surface area contributed by atoms with Crippen molar-refractivity contribution in [2.45, 2.75) is 78.1 Å². The minimum Gasteiger partial charge on any atom is -0.310 e. The zero-order valence-corrected chi connectivity index (χ0v) is 15.9. The average Bonchev–Trinajstić information content (AvgIpc) is 2.92. The number of fused-ring (bicyclic) bond motifs is 3. The van der Waals surface area contributed by atoms with E-state index in [4.69, 9.17) is 4.98 Å². The van der Waals surface area contributed by atoms with Crippen LogP contribution in [-0.4, -0.2) is 9.97 Å². The van der Waals surface area contributed by atoms with Gasteiger partial charge >= 0.3 is 0 Å². The molecule has 2 aromatic rings. The van der Waals surface area contributed by atoms with Gasteiger partial charge in [-0.25, -0.2) is 4.98 Å². The van der Waals surface area contributed by atoms with Crippen LogP contribution in [0.3, 0.4) is 0 Å². The Balaban J connectivity index is 1.74. The Kier molecular flexibility index (Phi) is 4.06. The molecule has 1 atom stereocenters. The van der Waals surface area contributed by atoms with Crippen LogP contribution in [0.4, 0.5) is 0 Å². The van der Waals surface area contributed by atoms with Gasteiger partial charge in [0.2, 0.25) is 0 Å². The summed E-state index contributed by atoms with van der Waals surface area (Å²) in [5, 5.41) is 0.891. The van der Waals surface area contributed by atoms with E-state index in [1.165, 1.54) is 49.0 Å². The minimum absolute atomic E-state index is 0.104. The Morgan fingerprint density at radius 2 is 1.88 bits per heavy atom. The molecule has 2 aliphatic carbocycles. The lowest BCUT2D eigenvalue weighted by Gasteiger charge is -2.33. The summed E-state index contributed by atoms with van der Waals surface area (Å²) in [4.78, 5) is 23.2. The molecule has 2 heterocycles. The largest absolute Gasteiger partial charge is 0.310 e. The van der Waals surface area contributed by atoms with Gasteiger partial charge in [0.15, 0.2) is 0 Å². The number of hydrogen-bond donors (Lipinski definition) is 1. The number of nitrogens with one attached hydrogen (secondary N) is 1. The molecule has 0 spiro atoms. The summed E-state index contributed by atoms with van der Waals surface area (Å²) in [6.45, 7) is 7.01. The predicted octanol–water partition coefficient (Wildman–Crippen LogP) is 5.18. The second-order valence-electron chi connectivity index (χ2n) is 8.78. The van der Waals surface area contributed by atoms with Crippen molar-refractivity contribution in [1.82, 2.24) is 9.97 Å². The van der Waals surface area contributed by atoms with Gasteiger partial charge in [0, 0.05) is 10.8 Å². The average molecular weight is 345 g/mol. The van der Waals surface area contributed by atoms with Crippen LogP contribution in [0.1, 0.15) is 81.5 Å². The lowest BCUT2D eigenvalue weighted by atomic mass is 9.72. The monoisotopic (exact) mass is 344 g/mol. The van der Waals surface area contributed by atoms with Crippen LogP contribution in [-0.2, 0) is 12.8 Å². The van der Waals surface area contributed by atoms with Crippen LogP contribution in [0.15, 0.2) is 4.79 Å². The van der Waals surface area contributed by atoms with Crippen molar-refractivity contribution in [1.29, 1.82) is 0 Å².